The Bertz CT molecular complexity index is 477. The molecule has 2 unspecified atom stereocenters. The summed E-state index contributed by atoms with van der Waals surface area (Å²) in [4.78, 5) is 12.3. The second kappa shape index (κ2) is 9.36. The third kappa shape index (κ3) is 5.43. The molecule has 0 aliphatic carbocycles. The van der Waals surface area contributed by atoms with Crippen molar-refractivity contribution < 1.29 is 9.53 Å². The lowest BCUT2D eigenvalue weighted by Gasteiger charge is -2.27. The second-order valence-electron chi connectivity index (χ2n) is 5.74. The number of amides is 1. The molecule has 1 aromatic carbocycles. The number of halogens is 2. The van der Waals surface area contributed by atoms with Gasteiger partial charge in [0.1, 0.15) is 0 Å². The normalized spacial score (nSPS) is 19.4. The summed E-state index contributed by atoms with van der Waals surface area (Å²) in [6.45, 7) is 6.26. The molecule has 0 spiro atoms. The summed E-state index contributed by atoms with van der Waals surface area (Å²) in [5.41, 5.74) is 0.968. The molecule has 124 valence electrons. The van der Waals surface area contributed by atoms with Crippen LogP contribution in [0, 0.1) is 5.92 Å². The standard InChI is InChI=1S/C16H23ClN2O2.ClH/c1-11(2)16(13-5-3-4-6-14(13)17)19-15(20)9-12-10-21-8-7-18-12;/h3-6,11-12,16,18H,7-10H2,1-2H3,(H,19,20);1H. The van der Waals surface area contributed by atoms with Gasteiger partial charge < -0.3 is 15.4 Å². The SMILES string of the molecule is CC(C)C(NC(=O)CC1COCCN1)c1ccccc1Cl.Cl. The van der Waals surface area contributed by atoms with E-state index in [0.29, 0.717) is 24.7 Å². The number of rotatable bonds is 5. The van der Waals surface area contributed by atoms with Crippen LogP contribution in [0.25, 0.3) is 0 Å². The lowest BCUT2D eigenvalue weighted by molar-refractivity contribution is -0.123. The smallest absolute Gasteiger partial charge is 0.222 e. The Morgan fingerprint density at radius 1 is 1.45 bits per heavy atom. The molecule has 0 saturated carbocycles. The number of hydrogen-bond acceptors (Lipinski definition) is 3. The van der Waals surface area contributed by atoms with Crippen molar-refractivity contribution in [1.29, 1.82) is 0 Å². The maximum atomic E-state index is 12.3. The molecule has 1 saturated heterocycles. The Balaban J connectivity index is 0.00000242. The van der Waals surface area contributed by atoms with Crippen LogP contribution in [-0.4, -0.2) is 31.7 Å². The zero-order chi connectivity index (χ0) is 15.2. The molecule has 22 heavy (non-hydrogen) atoms. The largest absolute Gasteiger partial charge is 0.378 e. The first kappa shape index (κ1) is 19.2. The van der Waals surface area contributed by atoms with Gasteiger partial charge >= 0.3 is 0 Å². The summed E-state index contributed by atoms with van der Waals surface area (Å²) in [5, 5.41) is 7.08. The molecule has 2 atom stereocenters. The van der Waals surface area contributed by atoms with E-state index < -0.39 is 0 Å². The number of nitrogens with one attached hydrogen (secondary N) is 2. The van der Waals surface area contributed by atoms with Gasteiger partial charge in [-0.2, -0.15) is 0 Å². The van der Waals surface area contributed by atoms with Crippen molar-refractivity contribution in [3.8, 4) is 0 Å². The predicted octanol–water partition coefficient (Wildman–Crippen LogP) is 2.95. The number of benzene rings is 1. The lowest BCUT2D eigenvalue weighted by atomic mass is 9.95. The van der Waals surface area contributed by atoms with Gasteiger partial charge in [0.15, 0.2) is 0 Å². The molecule has 1 heterocycles. The highest BCUT2D eigenvalue weighted by atomic mass is 35.5. The quantitative estimate of drug-likeness (QED) is 0.861. The van der Waals surface area contributed by atoms with Crippen molar-refractivity contribution >= 4 is 29.9 Å². The summed E-state index contributed by atoms with van der Waals surface area (Å²) in [5.74, 6) is 0.293. The van der Waals surface area contributed by atoms with Crippen LogP contribution < -0.4 is 10.6 Å². The number of ether oxygens (including phenoxy) is 1. The minimum absolute atomic E-state index is 0. The van der Waals surface area contributed by atoms with E-state index in [1.54, 1.807) is 0 Å². The number of hydrogen-bond donors (Lipinski definition) is 2. The molecule has 1 aliphatic heterocycles. The molecule has 6 heteroatoms. The average Bonchev–Trinajstić information content (AvgIpc) is 2.46. The molecule has 1 aromatic rings. The third-order valence-electron chi connectivity index (χ3n) is 3.65. The van der Waals surface area contributed by atoms with Gasteiger partial charge in [0.05, 0.1) is 19.3 Å². The van der Waals surface area contributed by atoms with Crippen LogP contribution >= 0.6 is 24.0 Å². The lowest BCUT2D eigenvalue weighted by Crippen LogP contribution is -2.45. The fraction of sp³-hybridized carbons (Fsp3) is 0.562. The van der Waals surface area contributed by atoms with Crippen molar-refractivity contribution in [3.63, 3.8) is 0 Å². The van der Waals surface area contributed by atoms with E-state index >= 15 is 0 Å². The molecular formula is C16H24Cl2N2O2. The monoisotopic (exact) mass is 346 g/mol. The summed E-state index contributed by atoms with van der Waals surface area (Å²) < 4.78 is 5.38. The van der Waals surface area contributed by atoms with E-state index in [1.165, 1.54) is 0 Å². The van der Waals surface area contributed by atoms with Gasteiger partial charge in [-0.1, -0.05) is 43.6 Å². The van der Waals surface area contributed by atoms with Crippen LogP contribution in [0.3, 0.4) is 0 Å². The number of morpholine rings is 1. The predicted molar refractivity (Wildman–Crippen MR) is 91.6 cm³/mol. The Kier molecular flexibility index (Phi) is 8.18. The highest BCUT2D eigenvalue weighted by Gasteiger charge is 2.23. The third-order valence-corrected chi connectivity index (χ3v) is 4.00. The van der Waals surface area contributed by atoms with Gasteiger partial charge in [-0.15, -0.1) is 12.4 Å². The molecule has 2 rings (SSSR count). The fourth-order valence-corrected chi connectivity index (χ4v) is 2.79. The number of carbonyl (C=O) groups is 1. The molecule has 4 nitrogen and oxygen atoms in total. The van der Waals surface area contributed by atoms with Crippen molar-refractivity contribution in [2.45, 2.75) is 32.4 Å². The van der Waals surface area contributed by atoms with E-state index in [9.17, 15) is 4.79 Å². The first-order chi connectivity index (χ1) is 10.1. The molecule has 1 fully saturated rings. The summed E-state index contributed by atoms with van der Waals surface area (Å²) in [6, 6.07) is 7.69. The highest BCUT2D eigenvalue weighted by molar-refractivity contribution is 6.31. The molecule has 0 radical (unpaired) electrons. The second-order valence-corrected chi connectivity index (χ2v) is 6.15. The van der Waals surface area contributed by atoms with Gasteiger partial charge in [0.25, 0.3) is 0 Å². The van der Waals surface area contributed by atoms with Crippen LogP contribution in [-0.2, 0) is 9.53 Å². The minimum atomic E-state index is -0.0734. The van der Waals surface area contributed by atoms with E-state index in [2.05, 4.69) is 24.5 Å². The summed E-state index contributed by atoms with van der Waals surface area (Å²) >= 11 is 6.25. The summed E-state index contributed by atoms with van der Waals surface area (Å²) in [6.07, 6.45) is 0.424. The van der Waals surface area contributed by atoms with E-state index in [-0.39, 0.29) is 36.3 Å². The van der Waals surface area contributed by atoms with E-state index in [4.69, 9.17) is 16.3 Å². The zero-order valence-corrected chi connectivity index (χ0v) is 14.5. The van der Waals surface area contributed by atoms with Gasteiger partial charge in [0.2, 0.25) is 5.91 Å². The Hall–Kier alpha value is -0.810. The minimum Gasteiger partial charge on any atom is -0.378 e. The topological polar surface area (TPSA) is 50.4 Å². The van der Waals surface area contributed by atoms with Crippen LogP contribution in [0.15, 0.2) is 24.3 Å². The Morgan fingerprint density at radius 2 is 2.18 bits per heavy atom. The average molecular weight is 347 g/mol. The Labute approximate surface area is 143 Å². The summed E-state index contributed by atoms with van der Waals surface area (Å²) in [7, 11) is 0. The molecule has 0 bridgehead atoms. The van der Waals surface area contributed by atoms with Gasteiger partial charge in [-0.3, -0.25) is 4.79 Å². The van der Waals surface area contributed by atoms with Gasteiger partial charge in [-0.05, 0) is 17.5 Å². The molecule has 0 aromatic heterocycles. The molecular weight excluding hydrogens is 323 g/mol. The molecule has 2 N–H and O–H groups in total. The van der Waals surface area contributed by atoms with Crippen LogP contribution in [0.1, 0.15) is 31.9 Å². The van der Waals surface area contributed by atoms with Gasteiger partial charge in [-0.25, -0.2) is 0 Å². The van der Waals surface area contributed by atoms with E-state index in [1.807, 2.05) is 24.3 Å². The molecule has 1 aliphatic rings. The van der Waals surface area contributed by atoms with Crippen LogP contribution in [0.5, 0.6) is 0 Å². The highest BCUT2D eigenvalue weighted by Crippen LogP contribution is 2.28. The fourth-order valence-electron chi connectivity index (χ4n) is 2.54. The first-order valence-electron chi connectivity index (χ1n) is 7.43. The van der Waals surface area contributed by atoms with Crippen LogP contribution in [0.2, 0.25) is 5.02 Å². The maximum absolute atomic E-state index is 12.3. The molecule has 1 amide bonds. The Morgan fingerprint density at radius 3 is 2.77 bits per heavy atom. The maximum Gasteiger partial charge on any atom is 0.222 e. The van der Waals surface area contributed by atoms with Gasteiger partial charge in [0, 0.05) is 24.0 Å². The van der Waals surface area contributed by atoms with Crippen molar-refractivity contribution in [2.24, 2.45) is 5.92 Å². The van der Waals surface area contributed by atoms with Crippen molar-refractivity contribution in [2.75, 3.05) is 19.8 Å². The number of carbonyl (C=O) groups excluding carboxylic acids is 1. The van der Waals surface area contributed by atoms with Crippen LogP contribution in [0.4, 0.5) is 0 Å². The first-order valence-corrected chi connectivity index (χ1v) is 7.80. The zero-order valence-electron chi connectivity index (χ0n) is 13.0. The van der Waals surface area contributed by atoms with Crippen molar-refractivity contribution in [1.82, 2.24) is 10.6 Å². The van der Waals surface area contributed by atoms with Crippen molar-refractivity contribution in [3.05, 3.63) is 34.9 Å². The van der Waals surface area contributed by atoms with E-state index in [0.717, 1.165) is 12.1 Å².